The molecule has 0 saturated carbocycles. The van der Waals surface area contributed by atoms with E-state index in [1.165, 1.54) is 17.7 Å². The molecule has 2 aromatic heterocycles. The van der Waals surface area contributed by atoms with Gasteiger partial charge < -0.3 is 4.98 Å². The second-order valence-corrected chi connectivity index (χ2v) is 7.27. The summed E-state index contributed by atoms with van der Waals surface area (Å²) in [6, 6.07) is 20.2. The summed E-state index contributed by atoms with van der Waals surface area (Å²) in [5.74, 6) is 0.527. The van der Waals surface area contributed by atoms with E-state index in [1.807, 2.05) is 24.3 Å². The van der Waals surface area contributed by atoms with Crippen molar-refractivity contribution in [1.29, 1.82) is 0 Å². The second-order valence-electron chi connectivity index (χ2n) is 5.91. The van der Waals surface area contributed by atoms with Gasteiger partial charge in [-0.05, 0) is 42.0 Å². The molecule has 0 saturated heterocycles. The number of aromatic amines is 1. The summed E-state index contributed by atoms with van der Waals surface area (Å²) in [7, 11) is 0. The zero-order valence-electron chi connectivity index (χ0n) is 14.2. The highest BCUT2D eigenvalue weighted by atomic mass is 35.5. The van der Waals surface area contributed by atoms with Crippen molar-refractivity contribution in [2.75, 3.05) is 0 Å². The first kappa shape index (κ1) is 17.8. The van der Waals surface area contributed by atoms with E-state index < -0.39 is 0 Å². The molecule has 6 heteroatoms. The summed E-state index contributed by atoms with van der Waals surface area (Å²) < 4.78 is 13.3. The summed E-state index contributed by atoms with van der Waals surface area (Å²) >= 11 is 7.67. The van der Waals surface area contributed by atoms with Gasteiger partial charge in [-0.15, -0.1) is 0 Å². The molecule has 0 bridgehead atoms. The Kier molecular flexibility index (Phi) is 5.23. The van der Waals surface area contributed by atoms with Crippen LogP contribution in [0.1, 0.15) is 5.56 Å². The highest BCUT2D eigenvalue weighted by molar-refractivity contribution is 7.98. The number of imidazole rings is 1. The van der Waals surface area contributed by atoms with E-state index >= 15 is 0 Å². The van der Waals surface area contributed by atoms with Crippen molar-refractivity contribution < 1.29 is 4.39 Å². The monoisotopic (exact) mass is 395 g/mol. The number of H-pyrrole nitrogens is 1. The lowest BCUT2D eigenvalue weighted by Gasteiger charge is -2.03. The Hall–Kier alpha value is -2.63. The van der Waals surface area contributed by atoms with Gasteiger partial charge >= 0.3 is 0 Å². The molecule has 0 fully saturated rings. The molecule has 0 spiro atoms. The maximum absolute atomic E-state index is 13.3. The largest absolute Gasteiger partial charge is 0.332 e. The number of benzene rings is 2. The number of hydrogen-bond acceptors (Lipinski definition) is 3. The van der Waals surface area contributed by atoms with Gasteiger partial charge in [0.15, 0.2) is 5.16 Å². The molecule has 134 valence electrons. The fourth-order valence-corrected chi connectivity index (χ4v) is 3.73. The van der Waals surface area contributed by atoms with Crippen LogP contribution < -0.4 is 0 Å². The van der Waals surface area contributed by atoms with Gasteiger partial charge in [-0.3, -0.25) is 0 Å². The third kappa shape index (κ3) is 4.21. The Morgan fingerprint density at radius 3 is 2.48 bits per heavy atom. The fraction of sp³-hybridized carbons (Fsp3) is 0.0476. The van der Waals surface area contributed by atoms with Crippen LogP contribution in [0.2, 0.25) is 5.15 Å². The summed E-state index contributed by atoms with van der Waals surface area (Å²) in [6.07, 6.45) is 1.65. The lowest BCUT2D eigenvalue weighted by atomic mass is 10.1. The van der Waals surface area contributed by atoms with Crippen molar-refractivity contribution in [2.45, 2.75) is 10.9 Å². The van der Waals surface area contributed by atoms with Crippen molar-refractivity contribution in [2.24, 2.45) is 0 Å². The van der Waals surface area contributed by atoms with Crippen LogP contribution in [0.3, 0.4) is 0 Å². The van der Waals surface area contributed by atoms with Gasteiger partial charge in [-0.25, -0.2) is 14.4 Å². The third-order valence-electron chi connectivity index (χ3n) is 4.03. The topological polar surface area (TPSA) is 41.6 Å². The van der Waals surface area contributed by atoms with Gasteiger partial charge in [-0.2, -0.15) is 0 Å². The SMILES string of the molecule is Fc1ccc(-c2[nH]c(SCc3ccccc3)nc2-c2ccnc(Cl)c2)cc1. The Morgan fingerprint density at radius 2 is 1.74 bits per heavy atom. The van der Waals surface area contributed by atoms with E-state index in [-0.39, 0.29) is 5.82 Å². The van der Waals surface area contributed by atoms with E-state index in [4.69, 9.17) is 16.6 Å². The highest BCUT2D eigenvalue weighted by Gasteiger charge is 2.15. The zero-order chi connectivity index (χ0) is 18.6. The molecule has 0 atom stereocenters. The summed E-state index contributed by atoms with van der Waals surface area (Å²) in [6.45, 7) is 0. The fourth-order valence-electron chi connectivity index (χ4n) is 2.73. The maximum atomic E-state index is 13.3. The average Bonchev–Trinajstić information content (AvgIpc) is 3.12. The molecule has 0 aliphatic rings. The average molecular weight is 396 g/mol. The minimum Gasteiger partial charge on any atom is -0.332 e. The van der Waals surface area contributed by atoms with Crippen LogP contribution in [-0.4, -0.2) is 15.0 Å². The van der Waals surface area contributed by atoms with E-state index in [1.54, 1.807) is 36.2 Å². The number of nitrogens with zero attached hydrogens (tertiary/aromatic N) is 2. The molecule has 2 aromatic carbocycles. The minimum atomic E-state index is -0.273. The molecule has 4 rings (SSSR count). The molecule has 4 aromatic rings. The quantitative estimate of drug-likeness (QED) is 0.322. The van der Waals surface area contributed by atoms with Crippen LogP contribution in [0.4, 0.5) is 4.39 Å². The number of pyridine rings is 1. The van der Waals surface area contributed by atoms with Crippen molar-refractivity contribution >= 4 is 23.4 Å². The lowest BCUT2D eigenvalue weighted by Crippen LogP contribution is -1.85. The third-order valence-corrected chi connectivity index (χ3v) is 5.18. The Labute approximate surface area is 165 Å². The number of halogens is 2. The van der Waals surface area contributed by atoms with Gasteiger partial charge in [0.1, 0.15) is 11.0 Å². The molecule has 0 unspecified atom stereocenters. The predicted molar refractivity (Wildman–Crippen MR) is 108 cm³/mol. The van der Waals surface area contributed by atoms with Crippen LogP contribution in [0.15, 0.2) is 78.1 Å². The summed E-state index contributed by atoms with van der Waals surface area (Å²) in [5.41, 5.74) is 4.53. The number of nitrogens with one attached hydrogen (secondary N) is 1. The van der Waals surface area contributed by atoms with Crippen LogP contribution in [0.25, 0.3) is 22.5 Å². The summed E-state index contributed by atoms with van der Waals surface area (Å²) in [5, 5.41) is 1.19. The van der Waals surface area contributed by atoms with Gasteiger partial charge in [0, 0.05) is 23.1 Å². The molecule has 0 aliphatic carbocycles. The second kappa shape index (κ2) is 7.94. The lowest BCUT2D eigenvalue weighted by molar-refractivity contribution is 0.628. The molecule has 0 amide bonds. The number of aromatic nitrogens is 3. The molecule has 1 N–H and O–H groups in total. The van der Waals surface area contributed by atoms with E-state index in [0.29, 0.717) is 5.15 Å². The first-order valence-electron chi connectivity index (χ1n) is 8.33. The first-order chi connectivity index (χ1) is 13.2. The van der Waals surface area contributed by atoms with E-state index in [0.717, 1.165) is 33.4 Å². The van der Waals surface area contributed by atoms with Crippen molar-refractivity contribution in [3.05, 3.63) is 89.5 Å². The highest BCUT2D eigenvalue weighted by Crippen LogP contribution is 2.34. The van der Waals surface area contributed by atoms with Crippen LogP contribution >= 0.6 is 23.4 Å². The number of thioether (sulfide) groups is 1. The molecular weight excluding hydrogens is 381 g/mol. The van der Waals surface area contributed by atoms with Gasteiger partial charge in [0.05, 0.1) is 11.4 Å². The zero-order valence-corrected chi connectivity index (χ0v) is 15.8. The van der Waals surface area contributed by atoms with Gasteiger partial charge in [0.2, 0.25) is 0 Å². The van der Waals surface area contributed by atoms with E-state index in [9.17, 15) is 4.39 Å². The molecule has 0 aliphatic heterocycles. The van der Waals surface area contributed by atoms with Crippen molar-refractivity contribution in [1.82, 2.24) is 15.0 Å². The van der Waals surface area contributed by atoms with Gasteiger partial charge in [0.25, 0.3) is 0 Å². The van der Waals surface area contributed by atoms with Crippen LogP contribution in [0.5, 0.6) is 0 Å². The number of rotatable bonds is 5. The minimum absolute atomic E-state index is 0.273. The molecular formula is C21H15ClFN3S. The smallest absolute Gasteiger partial charge is 0.166 e. The van der Waals surface area contributed by atoms with Crippen molar-refractivity contribution in [3.63, 3.8) is 0 Å². The van der Waals surface area contributed by atoms with Crippen molar-refractivity contribution in [3.8, 4) is 22.5 Å². The predicted octanol–water partition coefficient (Wildman–Crippen LogP) is 6.22. The van der Waals surface area contributed by atoms with Crippen LogP contribution in [-0.2, 0) is 5.75 Å². The molecule has 2 heterocycles. The summed E-state index contributed by atoms with van der Waals surface area (Å²) in [4.78, 5) is 12.2. The van der Waals surface area contributed by atoms with E-state index in [2.05, 4.69) is 22.1 Å². The standard InChI is InChI=1S/C21H15ClFN3S/c22-18-12-16(10-11-24-18)20-19(15-6-8-17(23)9-7-15)25-21(26-20)27-13-14-4-2-1-3-5-14/h1-12H,13H2,(H,25,26). The van der Waals surface area contributed by atoms with Crippen LogP contribution in [0, 0.1) is 5.82 Å². The Balaban J connectivity index is 1.71. The number of hydrogen-bond donors (Lipinski definition) is 1. The molecule has 3 nitrogen and oxygen atoms in total. The molecule has 0 radical (unpaired) electrons. The Morgan fingerprint density at radius 1 is 0.963 bits per heavy atom. The first-order valence-corrected chi connectivity index (χ1v) is 9.70. The van der Waals surface area contributed by atoms with Gasteiger partial charge in [-0.1, -0.05) is 53.7 Å². The normalized spacial score (nSPS) is 10.9. The Bertz CT molecular complexity index is 1050. The maximum Gasteiger partial charge on any atom is 0.166 e. The molecule has 27 heavy (non-hydrogen) atoms.